The molecule has 0 aliphatic carbocycles. The van der Waals surface area contributed by atoms with Gasteiger partial charge in [-0.25, -0.2) is 8.78 Å². The van der Waals surface area contributed by atoms with Gasteiger partial charge in [-0.05, 0) is 25.8 Å². The fourth-order valence-electron chi connectivity index (χ4n) is 4.19. The number of halogens is 2. The highest BCUT2D eigenvalue weighted by Gasteiger charge is 2.44. The standard InChI is InChI=1S/C21H21F2N3O5/c1-21(31)5-2-6-25-10-15(21)26-9-13(17(27)18(28)16(26)20(25)30)19(29)24-8-11-3-4-12(22)7-14(11)23/h3-4,7,9,15,28,31H,2,5-6,8,10H2,1H3,(H,24,29)/t15-,21+/m0/s1. The second-order valence-corrected chi connectivity index (χ2v) is 8.12. The lowest BCUT2D eigenvalue weighted by atomic mass is 9.90. The molecule has 2 atom stereocenters. The van der Waals surface area contributed by atoms with Gasteiger partial charge in [-0.3, -0.25) is 14.4 Å². The molecule has 0 radical (unpaired) electrons. The van der Waals surface area contributed by atoms with Crippen molar-refractivity contribution in [2.45, 2.75) is 38.0 Å². The molecule has 1 aromatic carbocycles. The van der Waals surface area contributed by atoms with Crippen molar-refractivity contribution in [1.29, 1.82) is 0 Å². The molecule has 0 unspecified atom stereocenters. The van der Waals surface area contributed by atoms with Crippen LogP contribution < -0.4 is 10.7 Å². The van der Waals surface area contributed by atoms with Crippen LogP contribution in [0.4, 0.5) is 8.78 Å². The second kappa shape index (κ2) is 7.45. The predicted octanol–water partition coefficient (Wildman–Crippen LogP) is 1.30. The first-order valence-corrected chi connectivity index (χ1v) is 9.82. The van der Waals surface area contributed by atoms with E-state index in [0.717, 1.165) is 18.3 Å². The number of fused-ring (bicyclic) bond motifs is 4. The predicted molar refractivity (Wildman–Crippen MR) is 105 cm³/mol. The Hall–Kier alpha value is -3.27. The Kier molecular flexibility index (Phi) is 5.04. The van der Waals surface area contributed by atoms with Gasteiger partial charge in [0, 0.05) is 37.5 Å². The van der Waals surface area contributed by atoms with Crippen LogP contribution in [0.3, 0.4) is 0 Å². The molecule has 1 fully saturated rings. The third kappa shape index (κ3) is 3.56. The summed E-state index contributed by atoms with van der Waals surface area (Å²) in [5.41, 5.74) is -3.00. The molecule has 3 heterocycles. The molecule has 2 aliphatic heterocycles. The molecular formula is C21H21F2N3O5. The number of amides is 2. The average molecular weight is 433 g/mol. The maximum absolute atomic E-state index is 13.8. The van der Waals surface area contributed by atoms with E-state index in [1.54, 1.807) is 6.92 Å². The molecule has 2 aromatic rings. The highest BCUT2D eigenvalue weighted by Crippen LogP contribution is 2.37. The van der Waals surface area contributed by atoms with E-state index < -0.39 is 51.8 Å². The van der Waals surface area contributed by atoms with E-state index in [0.29, 0.717) is 25.5 Å². The molecule has 4 rings (SSSR count). The molecule has 8 nitrogen and oxygen atoms in total. The Morgan fingerprint density at radius 1 is 1.32 bits per heavy atom. The van der Waals surface area contributed by atoms with Crippen LogP contribution in [0.2, 0.25) is 0 Å². The summed E-state index contributed by atoms with van der Waals surface area (Å²) in [4.78, 5) is 39.5. The zero-order valence-electron chi connectivity index (χ0n) is 16.7. The average Bonchev–Trinajstić information content (AvgIpc) is 2.84. The molecule has 0 spiro atoms. The Morgan fingerprint density at radius 2 is 2.06 bits per heavy atom. The lowest BCUT2D eigenvalue weighted by molar-refractivity contribution is -0.00799. The van der Waals surface area contributed by atoms with E-state index in [2.05, 4.69) is 5.32 Å². The van der Waals surface area contributed by atoms with Crippen molar-refractivity contribution in [3.05, 3.63) is 63.1 Å². The number of rotatable bonds is 3. The molecule has 10 heteroatoms. The summed E-state index contributed by atoms with van der Waals surface area (Å²) < 4.78 is 28.1. The smallest absolute Gasteiger partial charge is 0.274 e. The number of hydrogen-bond acceptors (Lipinski definition) is 5. The van der Waals surface area contributed by atoms with Crippen molar-refractivity contribution in [3.63, 3.8) is 0 Å². The Labute approximate surface area is 175 Å². The normalized spacial score (nSPS) is 22.6. The molecule has 0 saturated carbocycles. The fourth-order valence-corrected chi connectivity index (χ4v) is 4.19. The van der Waals surface area contributed by atoms with E-state index in [1.807, 2.05) is 0 Å². The molecule has 2 aliphatic rings. The van der Waals surface area contributed by atoms with Crippen LogP contribution in [0.15, 0.2) is 29.2 Å². The SMILES string of the molecule is C[C@@]1(O)CCCN2C[C@@H]1n1cc(C(=O)NCc3ccc(F)cc3F)c(=O)c(O)c1C2=O. The van der Waals surface area contributed by atoms with Gasteiger partial charge in [0.2, 0.25) is 5.43 Å². The number of carbonyl (C=O) groups excluding carboxylic acids is 2. The zero-order chi connectivity index (χ0) is 22.5. The zero-order valence-corrected chi connectivity index (χ0v) is 16.7. The largest absolute Gasteiger partial charge is 0.503 e. The topological polar surface area (TPSA) is 112 Å². The summed E-state index contributed by atoms with van der Waals surface area (Å²) in [6.45, 7) is 1.83. The van der Waals surface area contributed by atoms with Crippen LogP contribution in [-0.4, -0.2) is 50.2 Å². The molecule has 31 heavy (non-hydrogen) atoms. The van der Waals surface area contributed by atoms with Crippen LogP contribution in [-0.2, 0) is 6.54 Å². The van der Waals surface area contributed by atoms with Gasteiger partial charge in [0.25, 0.3) is 11.8 Å². The van der Waals surface area contributed by atoms with E-state index in [1.165, 1.54) is 9.47 Å². The third-order valence-corrected chi connectivity index (χ3v) is 5.96. The third-order valence-electron chi connectivity index (χ3n) is 5.96. The first kappa shape index (κ1) is 21.0. The molecular weight excluding hydrogens is 412 g/mol. The Bertz CT molecular complexity index is 1140. The van der Waals surface area contributed by atoms with Gasteiger partial charge < -0.3 is 25.0 Å². The van der Waals surface area contributed by atoms with Crippen LogP contribution >= 0.6 is 0 Å². The fraction of sp³-hybridized carbons (Fsp3) is 0.381. The summed E-state index contributed by atoms with van der Waals surface area (Å²) in [7, 11) is 0. The van der Waals surface area contributed by atoms with Gasteiger partial charge in [-0.1, -0.05) is 6.07 Å². The highest BCUT2D eigenvalue weighted by atomic mass is 19.1. The summed E-state index contributed by atoms with van der Waals surface area (Å²) in [6, 6.07) is 2.20. The first-order chi connectivity index (χ1) is 14.6. The summed E-state index contributed by atoms with van der Waals surface area (Å²) in [6.07, 6.45) is 2.08. The molecule has 2 amide bonds. The number of nitrogens with zero attached hydrogens (tertiary/aromatic N) is 2. The minimum atomic E-state index is -1.24. The quantitative estimate of drug-likeness (QED) is 0.676. The van der Waals surface area contributed by atoms with E-state index in [4.69, 9.17) is 0 Å². The highest BCUT2D eigenvalue weighted by molar-refractivity contribution is 5.99. The van der Waals surface area contributed by atoms with E-state index >= 15 is 0 Å². The number of aliphatic hydroxyl groups is 1. The van der Waals surface area contributed by atoms with E-state index in [-0.39, 0.29) is 24.3 Å². The van der Waals surface area contributed by atoms with Gasteiger partial charge in [-0.2, -0.15) is 0 Å². The van der Waals surface area contributed by atoms with Crippen LogP contribution in [0.5, 0.6) is 5.75 Å². The van der Waals surface area contributed by atoms with Crippen LogP contribution in [0.25, 0.3) is 0 Å². The van der Waals surface area contributed by atoms with Crippen molar-refractivity contribution >= 4 is 11.8 Å². The Balaban J connectivity index is 1.71. The minimum absolute atomic E-state index is 0.00885. The summed E-state index contributed by atoms with van der Waals surface area (Å²) in [5, 5.41) is 23.7. The van der Waals surface area contributed by atoms with Crippen LogP contribution in [0.1, 0.15) is 52.2 Å². The van der Waals surface area contributed by atoms with Gasteiger partial charge >= 0.3 is 0 Å². The minimum Gasteiger partial charge on any atom is -0.503 e. The lowest BCUT2D eigenvalue weighted by Crippen LogP contribution is -2.49. The lowest BCUT2D eigenvalue weighted by Gasteiger charge is -2.40. The van der Waals surface area contributed by atoms with Crippen molar-refractivity contribution in [1.82, 2.24) is 14.8 Å². The van der Waals surface area contributed by atoms with Crippen molar-refractivity contribution in [2.75, 3.05) is 13.1 Å². The van der Waals surface area contributed by atoms with Crippen molar-refractivity contribution in [2.24, 2.45) is 0 Å². The van der Waals surface area contributed by atoms with E-state index in [9.17, 15) is 33.4 Å². The second-order valence-electron chi connectivity index (χ2n) is 8.12. The maximum Gasteiger partial charge on any atom is 0.274 e. The van der Waals surface area contributed by atoms with Gasteiger partial charge in [-0.15, -0.1) is 0 Å². The number of aromatic hydroxyl groups is 1. The molecule has 1 saturated heterocycles. The number of nitrogens with one attached hydrogen (secondary N) is 1. The van der Waals surface area contributed by atoms with Crippen LogP contribution in [0, 0.1) is 11.6 Å². The summed E-state index contributed by atoms with van der Waals surface area (Å²) >= 11 is 0. The molecule has 164 valence electrons. The number of pyridine rings is 1. The van der Waals surface area contributed by atoms with Crippen molar-refractivity contribution in [3.8, 4) is 5.75 Å². The Morgan fingerprint density at radius 3 is 2.77 bits per heavy atom. The monoisotopic (exact) mass is 433 g/mol. The molecule has 1 aromatic heterocycles. The van der Waals surface area contributed by atoms with Gasteiger partial charge in [0.05, 0.1) is 11.6 Å². The maximum atomic E-state index is 13.8. The molecule has 2 bridgehead atoms. The number of carbonyl (C=O) groups is 2. The van der Waals surface area contributed by atoms with Gasteiger partial charge in [0.15, 0.2) is 11.4 Å². The number of benzene rings is 1. The summed E-state index contributed by atoms with van der Waals surface area (Å²) in [5.74, 6) is -3.95. The van der Waals surface area contributed by atoms with Gasteiger partial charge in [0.1, 0.15) is 17.2 Å². The number of aromatic nitrogens is 1. The van der Waals surface area contributed by atoms with Crippen molar-refractivity contribution < 1.29 is 28.6 Å². The molecule has 3 N–H and O–H groups in total. The number of hydrogen-bond donors (Lipinski definition) is 3. The first-order valence-electron chi connectivity index (χ1n) is 9.82.